The zero-order valence-electron chi connectivity index (χ0n) is 7.69. The van der Waals surface area contributed by atoms with Gasteiger partial charge in [-0.25, -0.2) is 8.42 Å². The van der Waals surface area contributed by atoms with E-state index in [4.69, 9.17) is 0 Å². The summed E-state index contributed by atoms with van der Waals surface area (Å²) in [6.07, 6.45) is 0. The monoisotopic (exact) mass is 196 g/mol. The zero-order chi connectivity index (χ0) is 9.90. The minimum atomic E-state index is -3.20. The minimum absolute atomic E-state index is 0.410. The molecule has 0 atom stereocenters. The molecule has 0 fully saturated rings. The third kappa shape index (κ3) is 2.84. The fourth-order valence-electron chi connectivity index (χ4n) is 0.788. The van der Waals surface area contributed by atoms with E-state index in [9.17, 15) is 8.42 Å². The highest BCUT2D eigenvalue weighted by Gasteiger charge is 2.17. The molecule has 0 heterocycles. The quantitative estimate of drug-likeness (QED) is 0.740. The van der Waals surface area contributed by atoms with Gasteiger partial charge in [0.05, 0.1) is 5.25 Å². The van der Waals surface area contributed by atoms with Crippen molar-refractivity contribution in [3.8, 4) is 0 Å². The van der Waals surface area contributed by atoms with Gasteiger partial charge in [0, 0.05) is 0 Å². The molecule has 0 aromatic heterocycles. The predicted octanol–water partition coefficient (Wildman–Crippen LogP) is 1.90. The topological polar surface area (TPSA) is 34.1 Å². The Morgan fingerprint density at radius 1 is 1.15 bits per heavy atom. The van der Waals surface area contributed by atoms with Crippen LogP contribution in [0.4, 0.5) is 0 Å². The van der Waals surface area contributed by atoms with Gasteiger partial charge in [-0.3, -0.25) is 0 Å². The predicted molar refractivity (Wildman–Crippen MR) is 52.8 cm³/mol. The van der Waals surface area contributed by atoms with Crippen LogP contribution in [0, 0.1) is 5.75 Å². The highest BCUT2D eigenvalue weighted by atomic mass is 32.2. The second-order valence-electron chi connectivity index (χ2n) is 3.06. The van der Waals surface area contributed by atoms with E-state index in [1.807, 2.05) is 6.07 Å². The minimum Gasteiger partial charge on any atom is -0.228 e. The molecule has 1 rings (SSSR count). The van der Waals surface area contributed by atoms with E-state index in [1.165, 1.54) is 0 Å². The average molecular weight is 196 g/mol. The molecule has 2 nitrogen and oxygen atoms in total. The summed E-state index contributed by atoms with van der Waals surface area (Å²) >= 11 is 0. The molecule has 0 spiro atoms. The second-order valence-corrected chi connectivity index (χ2v) is 5.30. The van der Waals surface area contributed by atoms with Gasteiger partial charge < -0.3 is 0 Å². The molecule has 13 heavy (non-hydrogen) atoms. The van der Waals surface area contributed by atoms with Crippen LogP contribution in [0.3, 0.4) is 0 Å². The number of rotatable bonds is 3. The summed E-state index contributed by atoms with van der Waals surface area (Å²) in [6, 6.07) is 8.86. The molecular weight excluding hydrogens is 184 g/mol. The number of hydrogen-bond acceptors (Lipinski definition) is 2. The molecule has 0 saturated heterocycles. The van der Waals surface area contributed by atoms with Crippen LogP contribution in [0.25, 0.3) is 0 Å². The fourth-order valence-corrected chi connectivity index (χ4v) is 1.49. The van der Waals surface area contributed by atoms with Crippen molar-refractivity contribution in [2.75, 3.05) is 0 Å². The normalized spacial score (nSPS) is 11.9. The summed E-state index contributed by atoms with van der Waals surface area (Å²) < 4.78 is 22.8. The van der Waals surface area contributed by atoms with Crippen LogP contribution in [0.2, 0.25) is 0 Å². The Hall–Kier alpha value is -0.830. The SMILES string of the molecule is CC(C)S(=O)(=O)[C]c1ccccc1. The van der Waals surface area contributed by atoms with Crippen LogP contribution in [0.1, 0.15) is 19.4 Å². The van der Waals surface area contributed by atoms with Gasteiger partial charge in [0.15, 0.2) is 9.84 Å². The summed E-state index contributed by atoms with van der Waals surface area (Å²) in [7, 11) is -3.20. The first-order valence-electron chi connectivity index (χ1n) is 4.09. The first-order valence-corrected chi connectivity index (χ1v) is 5.63. The molecule has 2 radical (unpaired) electrons. The molecule has 1 aromatic rings. The first kappa shape index (κ1) is 10.3. The molecule has 0 saturated carbocycles. The summed E-state index contributed by atoms with van der Waals surface area (Å²) in [5.74, 6) is 2.49. The van der Waals surface area contributed by atoms with Crippen LogP contribution in [0.5, 0.6) is 0 Å². The van der Waals surface area contributed by atoms with Crippen LogP contribution < -0.4 is 0 Å². The van der Waals surface area contributed by atoms with Crippen LogP contribution >= 0.6 is 0 Å². The lowest BCUT2D eigenvalue weighted by atomic mass is 10.2. The van der Waals surface area contributed by atoms with Gasteiger partial charge in [-0.15, -0.1) is 0 Å². The highest BCUT2D eigenvalue weighted by molar-refractivity contribution is 7.94. The number of benzene rings is 1. The Kier molecular flexibility index (Phi) is 3.09. The molecule has 70 valence electrons. The molecule has 0 aliphatic rings. The van der Waals surface area contributed by atoms with Gasteiger partial charge in [-0.2, -0.15) is 0 Å². The fraction of sp³-hybridized carbons (Fsp3) is 0.300. The van der Waals surface area contributed by atoms with Crippen molar-refractivity contribution in [2.45, 2.75) is 19.1 Å². The molecule has 0 aliphatic carbocycles. The van der Waals surface area contributed by atoms with Crippen LogP contribution in [0.15, 0.2) is 30.3 Å². The van der Waals surface area contributed by atoms with Crippen molar-refractivity contribution in [1.29, 1.82) is 0 Å². The van der Waals surface area contributed by atoms with Gasteiger partial charge in [-0.1, -0.05) is 30.3 Å². The molecule has 0 bridgehead atoms. The Bertz CT molecular complexity index is 352. The Morgan fingerprint density at radius 2 is 1.69 bits per heavy atom. The van der Waals surface area contributed by atoms with Gasteiger partial charge in [0.25, 0.3) is 0 Å². The van der Waals surface area contributed by atoms with E-state index in [-0.39, 0.29) is 0 Å². The van der Waals surface area contributed by atoms with Crippen molar-refractivity contribution in [3.05, 3.63) is 41.6 Å². The van der Waals surface area contributed by atoms with Crippen molar-refractivity contribution < 1.29 is 8.42 Å². The van der Waals surface area contributed by atoms with Gasteiger partial charge >= 0.3 is 0 Å². The number of hydrogen-bond donors (Lipinski definition) is 0. The Labute approximate surface area is 79.5 Å². The van der Waals surface area contributed by atoms with E-state index in [0.29, 0.717) is 5.56 Å². The highest BCUT2D eigenvalue weighted by Crippen LogP contribution is 2.12. The van der Waals surface area contributed by atoms with Gasteiger partial charge in [0.2, 0.25) is 0 Å². The maximum absolute atomic E-state index is 11.4. The molecule has 0 aliphatic heterocycles. The Morgan fingerprint density at radius 3 is 2.15 bits per heavy atom. The lowest BCUT2D eigenvalue weighted by Crippen LogP contribution is -2.14. The first-order chi connectivity index (χ1) is 6.02. The summed E-state index contributed by atoms with van der Waals surface area (Å²) in [5, 5.41) is -0.410. The van der Waals surface area contributed by atoms with Crippen molar-refractivity contribution >= 4 is 9.84 Å². The third-order valence-corrected chi connectivity index (χ3v) is 3.42. The third-order valence-electron chi connectivity index (χ3n) is 1.65. The lowest BCUT2D eigenvalue weighted by Gasteiger charge is -2.05. The number of sulfone groups is 1. The van der Waals surface area contributed by atoms with E-state index < -0.39 is 15.1 Å². The van der Waals surface area contributed by atoms with E-state index in [0.717, 1.165) is 0 Å². The average Bonchev–Trinajstić information content (AvgIpc) is 2.05. The van der Waals surface area contributed by atoms with Crippen LogP contribution in [-0.2, 0) is 9.84 Å². The van der Waals surface area contributed by atoms with Crippen molar-refractivity contribution in [2.24, 2.45) is 0 Å². The van der Waals surface area contributed by atoms with Gasteiger partial charge in [0.1, 0.15) is 5.75 Å². The van der Waals surface area contributed by atoms with Crippen molar-refractivity contribution in [3.63, 3.8) is 0 Å². The van der Waals surface area contributed by atoms with E-state index >= 15 is 0 Å². The second kappa shape index (κ2) is 3.92. The standard InChI is InChI=1S/C10H12O2S/c1-9(2)13(11,12)8-10-6-4-3-5-7-10/h3-7,9H,1-2H3. The van der Waals surface area contributed by atoms with E-state index in [1.54, 1.807) is 38.1 Å². The van der Waals surface area contributed by atoms with Crippen LogP contribution in [-0.4, -0.2) is 13.7 Å². The Balaban J connectivity index is 2.82. The molecule has 0 amide bonds. The van der Waals surface area contributed by atoms with E-state index in [2.05, 4.69) is 5.75 Å². The summed E-state index contributed by atoms with van der Waals surface area (Å²) in [4.78, 5) is 0. The summed E-state index contributed by atoms with van der Waals surface area (Å²) in [5.41, 5.74) is 0.608. The van der Waals surface area contributed by atoms with Gasteiger partial charge in [-0.05, 0) is 19.4 Å². The van der Waals surface area contributed by atoms with Crippen molar-refractivity contribution in [1.82, 2.24) is 0 Å². The molecule has 1 aromatic carbocycles. The molecular formula is C10H12O2S. The smallest absolute Gasteiger partial charge is 0.166 e. The largest absolute Gasteiger partial charge is 0.228 e. The zero-order valence-corrected chi connectivity index (χ0v) is 8.51. The molecule has 0 N–H and O–H groups in total. The lowest BCUT2D eigenvalue weighted by molar-refractivity contribution is 0.594. The summed E-state index contributed by atoms with van der Waals surface area (Å²) in [6.45, 7) is 3.29. The maximum atomic E-state index is 11.4. The molecule has 3 heteroatoms. The maximum Gasteiger partial charge on any atom is 0.166 e. The molecule has 0 unspecified atom stereocenters.